The van der Waals surface area contributed by atoms with Crippen molar-refractivity contribution in [1.82, 2.24) is 15.1 Å². The molecule has 5 heterocycles. The Hall–Kier alpha value is -4.93. The summed E-state index contributed by atoms with van der Waals surface area (Å²) in [5.41, 5.74) is 7.51. The van der Waals surface area contributed by atoms with Crippen LogP contribution in [0.5, 0.6) is 11.5 Å². The second kappa shape index (κ2) is 14.7. The number of phenolic OH excluding ortho intramolecular Hbond substituents is 1. The van der Waals surface area contributed by atoms with Crippen LogP contribution < -0.4 is 19.9 Å². The number of piperazine rings is 1. The van der Waals surface area contributed by atoms with Crippen molar-refractivity contribution in [3.63, 3.8) is 0 Å². The van der Waals surface area contributed by atoms with Crippen molar-refractivity contribution in [3.8, 4) is 11.5 Å². The van der Waals surface area contributed by atoms with Crippen molar-refractivity contribution in [2.45, 2.75) is 56.7 Å². The molecule has 3 atom stereocenters. The standard InChI is InChI=1S/C44H48FN5O4/c45-38-23-31(43-36-10-9-35(51)24-41(36)54-28-37(43)30-4-2-1-3-5-30)7-11-39(38)49-16-14-29(15-17-49)25-47-18-20-48(21-19-47)34-8-6-32-26-50(27-33(32)22-34)40-12-13-42(52)46-44(40)53/h1-11,22-24,29,37,40,43,51H,12-21,25-28H2,(H,46,52,53). The number of aromatic hydroxyl groups is 1. The van der Waals surface area contributed by atoms with Gasteiger partial charge in [-0.2, -0.15) is 0 Å². The molecule has 4 aromatic rings. The van der Waals surface area contributed by atoms with E-state index in [0.29, 0.717) is 36.8 Å². The van der Waals surface area contributed by atoms with Gasteiger partial charge in [0.25, 0.3) is 0 Å². The molecule has 4 aromatic carbocycles. The van der Waals surface area contributed by atoms with Gasteiger partial charge in [0, 0.05) is 94.5 Å². The Balaban J connectivity index is 0.789. The van der Waals surface area contributed by atoms with Crippen molar-refractivity contribution < 1.29 is 23.8 Å². The van der Waals surface area contributed by atoms with Crippen molar-refractivity contribution in [2.75, 3.05) is 62.2 Å². The van der Waals surface area contributed by atoms with E-state index in [-0.39, 0.29) is 41.3 Å². The maximum atomic E-state index is 16.1. The van der Waals surface area contributed by atoms with E-state index in [2.05, 4.69) is 61.3 Å². The molecule has 3 unspecified atom stereocenters. The van der Waals surface area contributed by atoms with Gasteiger partial charge in [-0.1, -0.05) is 48.5 Å². The van der Waals surface area contributed by atoms with Gasteiger partial charge in [0.2, 0.25) is 11.8 Å². The summed E-state index contributed by atoms with van der Waals surface area (Å²) in [4.78, 5) is 33.6. The second-order valence-electron chi connectivity index (χ2n) is 15.8. The first-order valence-corrected chi connectivity index (χ1v) is 19.6. The summed E-state index contributed by atoms with van der Waals surface area (Å²) >= 11 is 0. The zero-order valence-electron chi connectivity index (χ0n) is 30.6. The van der Waals surface area contributed by atoms with Crippen LogP contribution in [0.1, 0.15) is 65.3 Å². The van der Waals surface area contributed by atoms with Crippen molar-refractivity contribution in [3.05, 3.63) is 119 Å². The summed E-state index contributed by atoms with van der Waals surface area (Å²) in [6, 6.07) is 27.8. The maximum Gasteiger partial charge on any atom is 0.243 e. The van der Waals surface area contributed by atoms with E-state index in [1.165, 1.54) is 16.8 Å². The number of phenols is 1. The molecule has 54 heavy (non-hydrogen) atoms. The minimum absolute atomic E-state index is 0.0253. The molecule has 0 bridgehead atoms. The fraction of sp³-hybridized carbons (Fsp3) is 0.409. The van der Waals surface area contributed by atoms with E-state index in [0.717, 1.165) is 88.4 Å². The third kappa shape index (κ3) is 6.93. The molecule has 280 valence electrons. The summed E-state index contributed by atoms with van der Waals surface area (Å²) in [5, 5.41) is 12.6. The SMILES string of the molecule is O=C1CCC(N2Cc3ccc(N4CCN(CC5CCN(c6ccc(C7c8ccc(O)cc8OCC7c7ccccc7)cc6F)CC5)CC4)cc3C2)C(=O)N1. The van der Waals surface area contributed by atoms with Crippen molar-refractivity contribution in [2.24, 2.45) is 5.92 Å². The number of benzene rings is 4. The number of hydrogen-bond donors (Lipinski definition) is 2. The topological polar surface area (TPSA) is 88.6 Å². The molecule has 3 saturated heterocycles. The van der Waals surface area contributed by atoms with E-state index in [1.807, 2.05) is 30.3 Å². The third-order valence-electron chi connectivity index (χ3n) is 12.5. The molecule has 0 radical (unpaired) electrons. The van der Waals surface area contributed by atoms with E-state index in [9.17, 15) is 14.7 Å². The molecular formula is C44H48FN5O4. The molecule has 3 fully saturated rings. The Morgan fingerprint density at radius 1 is 0.778 bits per heavy atom. The molecular weight excluding hydrogens is 682 g/mol. The smallest absolute Gasteiger partial charge is 0.243 e. The molecule has 0 spiro atoms. The average Bonchev–Trinajstić information content (AvgIpc) is 3.62. The summed E-state index contributed by atoms with van der Waals surface area (Å²) in [6.45, 7) is 8.73. The minimum atomic E-state index is -0.236. The van der Waals surface area contributed by atoms with Crippen LogP contribution in [0, 0.1) is 11.7 Å². The highest BCUT2D eigenvalue weighted by Crippen LogP contribution is 2.47. The zero-order valence-corrected chi connectivity index (χ0v) is 30.6. The number of halogens is 1. The number of rotatable bonds is 7. The second-order valence-corrected chi connectivity index (χ2v) is 15.8. The summed E-state index contributed by atoms with van der Waals surface area (Å²) in [6.07, 6.45) is 3.08. The van der Waals surface area contributed by atoms with Gasteiger partial charge in [-0.25, -0.2) is 4.39 Å². The maximum absolute atomic E-state index is 16.1. The molecule has 0 aromatic heterocycles. The van der Waals surface area contributed by atoms with Crippen LogP contribution in [0.4, 0.5) is 15.8 Å². The van der Waals surface area contributed by atoms with E-state index >= 15 is 4.39 Å². The number of carbonyl (C=O) groups excluding carboxylic acids is 2. The van der Waals surface area contributed by atoms with Gasteiger partial charge in [-0.3, -0.25) is 24.7 Å². The molecule has 0 aliphatic carbocycles. The highest BCUT2D eigenvalue weighted by atomic mass is 19.1. The van der Waals surface area contributed by atoms with Crippen LogP contribution >= 0.6 is 0 Å². The molecule has 9 nitrogen and oxygen atoms in total. The van der Waals surface area contributed by atoms with Crippen molar-refractivity contribution in [1.29, 1.82) is 0 Å². The highest BCUT2D eigenvalue weighted by Gasteiger charge is 2.36. The average molecular weight is 730 g/mol. The molecule has 9 rings (SSSR count). The number of hydrogen-bond acceptors (Lipinski definition) is 8. The Labute approximate surface area is 316 Å². The Bertz CT molecular complexity index is 2030. The normalized spacial score (nSPS) is 23.8. The minimum Gasteiger partial charge on any atom is -0.508 e. The van der Waals surface area contributed by atoms with Crippen molar-refractivity contribution >= 4 is 23.2 Å². The van der Waals surface area contributed by atoms with Crippen LogP contribution in [0.3, 0.4) is 0 Å². The summed E-state index contributed by atoms with van der Waals surface area (Å²) < 4.78 is 22.2. The zero-order chi connectivity index (χ0) is 36.8. The highest BCUT2D eigenvalue weighted by molar-refractivity contribution is 6.00. The predicted octanol–water partition coefficient (Wildman–Crippen LogP) is 6.00. The number of amides is 2. The largest absolute Gasteiger partial charge is 0.508 e. The molecule has 0 saturated carbocycles. The number of anilines is 2. The van der Waals surface area contributed by atoms with Crippen LogP contribution in [-0.2, 0) is 22.7 Å². The van der Waals surface area contributed by atoms with Gasteiger partial charge in [0.1, 0.15) is 17.3 Å². The lowest BCUT2D eigenvalue weighted by Crippen LogP contribution is -2.50. The lowest BCUT2D eigenvalue weighted by atomic mass is 9.76. The van der Waals surface area contributed by atoms with Gasteiger partial charge in [0.15, 0.2) is 0 Å². The number of fused-ring (bicyclic) bond motifs is 2. The van der Waals surface area contributed by atoms with E-state index in [4.69, 9.17) is 4.74 Å². The van der Waals surface area contributed by atoms with Gasteiger partial charge < -0.3 is 19.6 Å². The van der Waals surface area contributed by atoms with Gasteiger partial charge >= 0.3 is 0 Å². The van der Waals surface area contributed by atoms with Crippen LogP contribution in [0.15, 0.2) is 84.9 Å². The molecule has 5 aliphatic rings. The number of ether oxygens (including phenoxy) is 1. The van der Waals surface area contributed by atoms with E-state index in [1.54, 1.807) is 18.2 Å². The molecule has 2 amide bonds. The van der Waals surface area contributed by atoms with Gasteiger partial charge in [-0.15, -0.1) is 0 Å². The number of nitrogens with zero attached hydrogens (tertiary/aromatic N) is 4. The van der Waals surface area contributed by atoms with Gasteiger partial charge in [0.05, 0.1) is 18.3 Å². The Morgan fingerprint density at radius 3 is 2.35 bits per heavy atom. The molecule has 5 aliphatic heterocycles. The number of piperidine rings is 2. The van der Waals surface area contributed by atoms with Gasteiger partial charge in [-0.05, 0) is 77.8 Å². The van der Waals surface area contributed by atoms with Crippen LogP contribution in [0.2, 0.25) is 0 Å². The number of imide groups is 1. The monoisotopic (exact) mass is 729 g/mol. The lowest BCUT2D eigenvalue weighted by molar-refractivity contribution is -0.137. The number of carbonyl (C=O) groups is 2. The fourth-order valence-corrected chi connectivity index (χ4v) is 9.54. The summed E-state index contributed by atoms with van der Waals surface area (Å²) in [5.74, 6) is 0.824. The van der Waals surface area contributed by atoms with Crippen LogP contribution in [0.25, 0.3) is 0 Å². The Morgan fingerprint density at radius 2 is 1.57 bits per heavy atom. The first kappa shape index (κ1) is 34.8. The third-order valence-corrected chi connectivity index (χ3v) is 12.5. The summed E-state index contributed by atoms with van der Waals surface area (Å²) in [7, 11) is 0. The lowest BCUT2D eigenvalue weighted by Gasteiger charge is -2.40. The number of nitrogens with one attached hydrogen (secondary N) is 1. The van der Waals surface area contributed by atoms with Crippen LogP contribution in [-0.4, -0.2) is 85.2 Å². The first-order chi connectivity index (χ1) is 26.4. The predicted molar refractivity (Wildman–Crippen MR) is 206 cm³/mol. The first-order valence-electron chi connectivity index (χ1n) is 19.6. The van der Waals surface area contributed by atoms with E-state index < -0.39 is 0 Å². The quantitative estimate of drug-likeness (QED) is 0.224. The molecule has 2 N–H and O–H groups in total. The fourth-order valence-electron chi connectivity index (χ4n) is 9.54. The molecule has 10 heteroatoms. The Kier molecular flexibility index (Phi) is 9.49.